The summed E-state index contributed by atoms with van der Waals surface area (Å²) in [6.07, 6.45) is 1.83. The van der Waals surface area contributed by atoms with Gasteiger partial charge in [0.1, 0.15) is 11.5 Å². The molecule has 7 heteroatoms. The molecule has 4 aromatic rings. The predicted octanol–water partition coefficient (Wildman–Crippen LogP) is 4.18. The van der Waals surface area contributed by atoms with E-state index < -0.39 is 0 Å². The van der Waals surface area contributed by atoms with Gasteiger partial charge in [-0.25, -0.2) is 0 Å². The Bertz CT molecular complexity index is 1190. The van der Waals surface area contributed by atoms with Gasteiger partial charge in [0.15, 0.2) is 5.82 Å². The lowest BCUT2D eigenvalue weighted by atomic mass is 10.1. The number of anilines is 1. The molecule has 160 valence electrons. The first-order valence-electron chi connectivity index (χ1n) is 10.2. The molecular formula is C24H26N4O3. The van der Waals surface area contributed by atoms with E-state index in [2.05, 4.69) is 20.5 Å². The van der Waals surface area contributed by atoms with Gasteiger partial charge in [-0.2, -0.15) is 5.10 Å². The number of methoxy groups -OCH3 is 2. The molecule has 4 rings (SSSR count). The number of rotatable bonds is 8. The maximum atomic E-state index is 12.6. The van der Waals surface area contributed by atoms with E-state index in [9.17, 15) is 4.79 Å². The summed E-state index contributed by atoms with van der Waals surface area (Å²) >= 11 is 0. The Labute approximate surface area is 180 Å². The zero-order chi connectivity index (χ0) is 21.8. The average Bonchev–Trinajstić information content (AvgIpc) is 3.35. The molecule has 0 bridgehead atoms. The molecule has 0 saturated heterocycles. The van der Waals surface area contributed by atoms with Gasteiger partial charge in [-0.3, -0.25) is 9.89 Å². The van der Waals surface area contributed by atoms with Gasteiger partial charge >= 0.3 is 0 Å². The third kappa shape index (κ3) is 4.71. The minimum absolute atomic E-state index is 0.0940. The third-order valence-electron chi connectivity index (χ3n) is 5.36. The van der Waals surface area contributed by atoms with Crippen LogP contribution in [0.5, 0.6) is 11.5 Å². The lowest BCUT2D eigenvalue weighted by molar-refractivity contribution is -0.115. The van der Waals surface area contributed by atoms with Crippen LogP contribution in [0, 0.1) is 6.92 Å². The Morgan fingerprint density at radius 1 is 1.03 bits per heavy atom. The number of aromatic nitrogens is 3. The zero-order valence-corrected chi connectivity index (χ0v) is 17.9. The van der Waals surface area contributed by atoms with E-state index in [1.165, 1.54) is 0 Å². The van der Waals surface area contributed by atoms with E-state index in [-0.39, 0.29) is 5.91 Å². The fourth-order valence-electron chi connectivity index (χ4n) is 3.75. The monoisotopic (exact) mass is 418 g/mol. The minimum atomic E-state index is -0.0940. The highest BCUT2D eigenvalue weighted by atomic mass is 16.5. The summed E-state index contributed by atoms with van der Waals surface area (Å²) in [5.41, 5.74) is 5.11. The van der Waals surface area contributed by atoms with Crippen LogP contribution in [-0.2, 0) is 24.1 Å². The van der Waals surface area contributed by atoms with E-state index in [4.69, 9.17) is 9.47 Å². The fourth-order valence-corrected chi connectivity index (χ4v) is 3.75. The van der Waals surface area contributed by atoms with E-state index in [1.54, 1.807) is 14.2 Å². The number of fused-ring (bicyclic) bond motifs is 1. The van der Waals surface area contributed by atoms with E-state index in [0.717, 1.165) is 57.8 Å². The lowest BCUT2D eigenvalue weighted by Gasteiger charge is -2.08. The molecule has 0 radical (unpaired) electrons. The van der Waals surface area contributed by atoms with Crippen molar-refractivity contribution in [1.82, 2.24) is 15.2 Å². The van der Waals surface area contributed by atoms with Crippen molar-refractivity contribution in [3.8, 4) is 11.5 Å². The highest BCUT2D eigenvalue weighted by Crippen LogP contribution is 2.24. The van der Waals surface area contributed by atoms with E-state index >= 15 is 0 Å². The molecule has 1 amide bonds. The molecule has 0 atom stereocenters. The smallest absolute Gasteiger partial charge is 0.230 e. The molecule has 2 aromatic carbocycles. The summed E-state index contributed by atoms with van der Waals surface area (Å²) < 4.78 is 10.7. The fraction of sp³-hybridized carbons (Fsp3) is 0.250. The van der Waals surface area contributed by atoms with Crippen molar-refractivity contribution < 1.29 is 14.3 Å². The van der Waals surface area contributed by atoms with Gasteiger partial charge < -0.3 is 19.8 Å². The van der Waals surface area contributed by atoms with Crippen molar-refractivity contribution in [1.29, 1.82) is 0 Å². The lowest BCUT2D eigenvalue weighted by Crippen LogP contribution is -2.15. The van der Waals surface area contributed by atoms with Crippen LogP contribution < -0.4 is 14.8 Å². The Morgan fingerprint density at radius 2 is 1.77 bits per heavy atom. The first kappa shape index (κ1) is 20.5. The molecule has 3 N–H and O–H groups in total. The number of carbonyl (C=O) groups is 1. The summed E-state index contributed by atoms with van der Waals surface area (Å²) in [5, 5.41) is 11.2. The van der Waals surface area contributed by atoms with Crippen LogP contribution in [0.2, 0.25) is 0 Å². The second-order valence-corrected chi connectivity index (χ2v) is 7.50. The van der Waals surface area contributed by atoms with Crippen LogP contribution in [0.15, 0.2) is 48.5 Å². The summed E-state index contributed by atoms with van der Waals surface area (Å²) in [4.78, 5) is 15.9. The summed E-state index contributed by atoms with van der Waals surface area (Å²) in [6, 6.07) is 15.7. The predicted molar refractivity (Wildman–Crippen MR) is 121 cm³/mol. The topological polar surface area (TPSA) is 92.0 Å². The molecule has 2 heterocycles. The quantitative estimate of drug-likeness (QED) is 0.400. The van der Waals surface area contributed by atoms with Gasteiger partial charge in [-0.15, -0.1) is 0 Å². The van der Waals surface area contributed by atoms with Crippen LogP contribution in [0.3, 0.4) is 0 Å². The minimum Gasteiger partial charge on any atom is -0.497 e. The van der Waals surface area contributed by atoms with Crippen LogP contribution >= 0.6 is 0 Å². The van der Waals surface area contributed by atoms with Crippen molar-refractivity contribution in [3.05, 3.63) is 71.0 Å². The third-order valence-corrected chi connectivity index (χ3v) is 5.36. The summed E-state index contributed by atoms with van der Waals surface area (Å²) in [6.45, 7) is 1.99. The molecule has 0 aliphatic carbocycles. The largest absolute Gasteiger partial charge is 0.497 e. The second kappa shape index (κ2) is 8.95. The zero-order valence-electron chi connectivity index (χ0n) is 17.9. The summed E-state index contributed by atoms with van der Waals surface area (Å²) in [5.74, 6) is 1.96. The van der Waals surface area contributed by atoms with Gasteiger partial charge in [-0.05, 0) is 49.1 Å². The Balaban J connectivity index is 1.38. The molecule has 2 aromatic heterocycles. The van der Waals surface area contributed by atoms with Crippen LogP contribution in [0.25, 0.3) is 10.9 Å². The number of nitrogens with zero attached hydrogens (tertiary/aromatic N) is 1. The number of aromatic amines is 2. The number of amides is 1. The second-order valence-electron chi connectivity index (χ2n) is 7.50. The van der Waals surface area contributed by atoms with Crippen LogP contribution in [-0.4, -0.2) is 35.3 Å². The molecule has 7 nitrogen and oxygen atoms in total. The Hall–Kier alpha value is -3.74. The molecule has 0 unspecified atom stereocenters. The maximum Gasteiger partial charge on any atom is 0.230 e. The first-order valence-corrected chi connectivity index (χ1v) is 10.2. The number of carbonyl (C=O) groups excluding carboxylic acids is 1. The molecule has 0 aliphatic rings. The summed E-state index contributed by atoms with van der Waals surface area (Å²) in [7, 11) is 3.28. The van der Waals surface area contributed by atoms with Crippen molar-refractivity contribution in [3.63, 3.8) is 0 Å². The van der Waals surface area contributed by atoms with Crippen LogP contribution in [0.1, 0.15) is 22.5 Å². The Morgan fingerprint density at radius 3 is 2.52 bits per heavy atom. The van der Waals surface area contributed by atoms with Crippen molar-refractivity contribution in [2.75, 3.05) is 19.5 Å². The highest BCUT2D eigenvalue weighted by molar-refractivity contribution is 5.95. The first-order chi connectivity index (χ1) is 15.1. The number of benzene rings is 2. The number of hydrogen-bond donors (Lipinski definition) is 3. The molecule has 0 spiro atoms. The van der Waals surface area contributed by atoms with E-state index in [0.29, 0.717) is 12.2 Å². The van der Waals surface area contributed by atoms with Crippen molar-refractivity contribution in [2.24, 2.45) is 0 Å². The molecule has 0 saturated carbocycles. The van der Waals surface area contributed by atoms with Crippen molar-refractivity contribution >= 4 is 22.6 Å². The van der Waals surface area contributed by atoms with Crippen molar-refractivity contribution in [2.45, 2.75) is 26.2 Å². The standard InChI is InChI=1S/C24H26N4O3/c1-15-21(20-6-4-5-7-22(20)25-15)14-24(29)26-23-12-17(27-28-23)9-8-16-10-18(30-2)13-19(11-16)31-3/h4-7,10-13,25H,8-9,14H2,1-3H3,(H2,26,27,28,29). The van der Waals surface area contributed by atoms with Gasteiger partial charge in [0.2, 0.25) is 5.91 Å². The highest BCUT2D eigenvalue weighted by Gasteiger charge is 2.13. The Kier molecular flexibility index (Phi) is 5.93. The van der Waals surface area contributed by atoms with Gasteiger partial charge in [0.05, 0.1) is 20.6 Å². The number of ether oxygens (including phenoxy) is 2. The number of nitrogens with one attached hydrogen (secondary N) is 3. The SMILES string of the molecule is COc1cc(CCc2cc(NC(=O)Cc3c(C)[nH]c4ccccc34)n[nH]2)cc(OC)c1. The molecular weight excluding hydrogens is 392 g/mol. The van der Waals surface area contributed by atoms with Gasteiger partial charge in [0, 0.05) is 34.4 Å². The van der Waals surface area contributed by atoms with Gasteiger partial charge in [0.25, 0.3) is 0 Å². The molecule has 0 fully saturated rings. The number of H-pyrrole nitrogens is 2. The molecule has 0 aliphatic heterocycles. The number of para-hydroxylation sites is 1. The normalized spacial score (nSPS) is 10.9. The number of hydrogen-bond acceptors (Lipinski definition) is 4. The number of aryl methyl sites for hydroxylation is 3. The maximum absolute atomic E-state index is 12.6. The molecule has 31 heavy (non-hydrogen) atoms. The van der Waals surface area contributed by atoms with Gasteiger partial charge in [-0.1, -0.05) is 18.2 Å². The average molecular weight is 418 g/mol. The van der Waals surface area contributed by atoms with Crippen LogP contribution in [0.4, 0.5) is 5.82 Å². The van der Waals surface area contributed by atoms with E-state index in [1.807, 2.05) is 55.5 Å².